The molecule has 0 aliphatic heterocycles. The fraction of sp³-hybridized carbons (Fsp3) is 0.200. The van der Waals surface area contributed by atoms with E-state index in [1.54, 1.807) is 37.4 Å². The molecule has 0 aliphatic rings. The summed E-state index contributed by atoms with van der Waals surface area (Å²) in [6, 6.07) is 9.52. The quantitative estimate of drug-likeness (QED) is 0.501. The molecule has 0 saturated carbocycles. The van der Waals surface area contributed by atoms with Crippen LogP contribution in [0.25, 0.3) is 0 Å². The molecular formula is C15H15N3O4. The first-order valence-electron chi connectivity index (χ1n) is 6.71. The highest BCUT2D eigenvalue weighted by Crippen LogP contribution is 2.17. The smallest absolute Gasteiger partial charge is 0.341 e. The average Bonchev–Trinajstić information content (AvgIpc) is 2.53. The van der Waals surface area contributed by atoms with Gasteiger partial charge in [-0.05, 0) is 24.6 Å². The Labute approximate surface area is 127 Å². The number of carbonyl (C=O) groups excluding carboxylic acids is 1. The minimum atomic E-state index is -0.461. The van der Waals surface area contributed by atoms with E-state index in [4.69, 9.17) is 4.74 Å². The van der Waals surface area contributed by atoms with E-state index >= 15 is 0 Å². The minimum Gasteiger partial charge on any atom is -0.462 e. The van der Waals surface area contributed by atoms with Gasteiger partial charge in [0, 0.05) is 24.9 Å². The molecule has 114 valence electrons. The zero-order valence-corrected chi connectivity index (χ0v) is 12.0. The maximum Gasteiger partial charge on any atom is 0.341 e. The van der Waals surface area contributed by atoms with Crippen LogP contribution >= 0.6 is 0 Å². The molecule has 0 radical (unpaired) electrons. The van der Waals surface area contributed by atoms with Crippen LogP contribution in [0, 0.1) is 10.1 Å². The van der Waals surface area contributed by atoms with Gasteiger partial charge in [-0.25, -0.2) is 9.78 Å². The van der Waals surface area contributed by atoms with Crippen LogP contribution in [-0.4, -0.2) is 22.5 Å². The molecule has 0 fully saturated rings. The molecule has 0 aliphatic carbocycles. The summed E-state index contributed by atoms with van der Waals surface area (Å²) in [5.41, 5.74) is 1.07. The van der Waals surface area contributed by atoms with Crippen LogP contribution in [0.4, 0.5) is 11.5 Å². The predicted octanol–water partition coefficient (Wildman–Crippen LogP) is 2.78. The van der Waals surface area contributed by atoms with E-state index in [0.717, 1.165) is 5.56 Å². The highest BCUT2D eigenvalue weighted by atomic mass is 16.6. The lowest BCUT2D eigenvalue weighted by atomic mass is 10.2. The van der Waals surface area contributed by atoms with Gasteiger partial charge in [0.15, 0.2) is 0 Å². The van der Waals surface area contributed by atoms with E-state index in [-0.39, 0.29) is 12.3 Å². The van der Waals surface area contributed by atoms with E-state index in [1.807, 2.05) is 0 Å². The van der Waals surface area contributed by atoms with Crippen molar-refractivity contribution >= 4 is 17.5 Å². The van der Waals surface area contributed by atoms with Crippen LogP contribution in [0.2, 0.25) is 0 Å². The maximum atomic E-state index is 11.8. The van der Waals surface area contributed by atoms with Crippen LogP contribution in [-0.2, 0) is 11.3 Å². The number of hydrogen-bond donors (Lipinski definition) is 1. The molecule has 1 aromatic carbocycles. The first-order valence-corrected chi connectivity index (χ1v) is 6.71. The van der Waals surface area contributed by atoms with Gasteiger partial charge in [0.1, 0.15) is 11.4 Å². The van der Waals surface area contributed by atoms with Gasteiger partial charge in [-0.1, -0.05) is 12.1 Å². The van der Waals surface area contributed by atoms with Gasteiger partial charge < -0.3 is 10.1 Å². The third-order valence-corrected chi connectivity index (χ3v) is 2.88. The number of non-ortho nitro benzene ring substituents is 1. The first kappa shape index (κ1) is 15.4. The summed E-state index contributed by atoms with van der Waals surface area (Å²) in [5.74, 6) is -0.0791. The van der Waals surface area contributed by atoms with Crippen LogP contribution in [0.3, 0.4) is 0 Å². The number of benzene rings is 1. The number of nitro groups is 1. The molecule has 0 spiro atoms. The lowest BCUT2D eigenvalue weighted by Gasteiger charge is -2.10. The number of aromatic nitrogens is 1. The summed E-state index contributed by atoms with van der Waals surface area (Å²) in [4.78, 5) is 26.2. The van der Waals surface area contributed by atoms with Crippen LogP contribution in [0.15, 0.2) is 42.6 Å². The van der Waals surface area contributed by atoms with E-state index in [1.165, 1.54) is 12.1 Å². The third kappa shape index (κ3) is 3.78. The number of nitro benzene ring substituents is 1. The number of ether oxygens (including phenoxy) is 1. The number of pyridine rings is 1. The Bertz CT molecular complexity index is 688. The summed E-state index contributed by atoms with van der Waals surface area (Å²) in [7, 11) is 0. The van der Waals surface area contributed by atoms with Crippen molar-refractivity contribution in [3.05, 3.63) is 63.8 Å². The molecule has 7 heteroatoms. The predicted molar refractivity (Wildman–Crippen MR) is 80.6 cm³/mol. The first-order chi connectivity index (χ1) is 10.6. The van der Waals surface area contributed by atoms with Crippen LogP contribution < -0.4 is 5.32 Å². The summed E-state index contributed by atoms with van der Waals surface area (Å²) in [5, 5.41) is 13.8. The molecule has 0 amide bonds. The van der Waals surface area contributed by atoms with Crippen molar-refractivity contribution in [1.82, 2.24) is 4.98 Å². The number of esters is 1. The number of nitrogens with one attached hydrogen (secondary N) is 1. The Morgan fingerprint density at radius 1 is 1.36 bits per heavy atom. The molecule has 22 heavy (non-hydrogen) atoms. The molecule has 2 aromatic rings. The minimum absolute atomic E-state index is 0.0194. The van der Waals surface area contributed by atoms with Crippen molar-refractivity contribution in [2.24, 2.45) is 0 Å². The monoisotopic (exact) mass is 301 g/mol. The number of rotatable bonds is 6. The zero-order valence-electron chi connectivity index (χ0n) is 12.0. The molecule has 7 nitrogen and oxygen atoms in total. The van der Waals surface area contributed by atoms with Crippen molar-refractivity contribution in [3.8, 4) is 0 Å². The Balaban J connectivity index is 2.13. The SMILES string of the molecule is CCOC(=O)c1cccnc1NCc1cccc([N+](=O)[O-])c1. The van der Waals surface area contributed by atoms with Crippen molar-refractivity contribution in [3.63, 3.8) is 0 Å². The molecular weight excluding hydrogens is 286 g/mol. The number of carbonyl (C=O) groups is 1. The number of anilines is 1. The van der Waals surface area contributed by atoms with Gasteiger partial charge in [0.2, 0.25) is 0 Å². The van der Waals surface area contributed by atoms with Gasteiger partial charge >= 0.3 is 5.97 Å². The standard InChI is InChI=1S/C15H15N3O4/c1-2-22-15(19)13-7-4-8-16-14(13)17-10-11-5-3-6-12(9-11)18(20)21/h3-9H,2,10H2,1H3,(H,16,17). The van der Waals surface area contributed by atoms with E-state index in [9.17, 15) is 14.9 Å². The molecule has 0 saturated heterocycles. The topological polar surface area (TPSA) is 94.4 Å². The van der Waals surface area contributed by atoms with Crippen LogP contribution in [0.5, 0.6) is 0 Å². The summed E-state index contributed by atoms with van der Waals surface area (Å²) in [6.07, 6.45) is 1.55. The fourth-order valence-corrected chi connectivity index (χ4v) is 1.89. The molecule has 2 rings (SSSR count). The lowest BCUT2D eigenvalue weighted by molar-refractivity contribution is -0.384. The highest BCUT2D eigenvalue weighted by molar-refractivity contribution is 5.94. The van der Waals surface area contributed by atoms with Crippen molar-refractivity contribution in [2.45, 2.75) is 13.5 Å². The molecule has 1 heterocycles. The molecule has 0 unspecified atom stereocenters. The normalized spacial score (nSPS) is 10.0. The van der Waals surface area contributed by atoms with E-state index < -0.39 is 10.9 Å². The number of nitrogens with zero attached hydrogens (tertiary/aromatic N) is 2. The van der Waals surface area contributed by atoms with Crippen molar-refractivity contribution in [2.75, 3.05) is 11.9 Å². The third-order valence-electron chi connectivity index (χ3n) is 2.88. The zero-order chi connectivity index (χ0) is 15.9. The van der Waals surface area contributed by atoms with Gasteiger partial charge in [0.05, 0.1) is 11.5 Å². The lowest BCUT2D eigenvalue weighted by Crippen LogP contribution is -2.11. The Hall–Kier alpha value is -2.96. The van der Waals surface area contributed by atoms with Gasteiger partial charge in [-0.3, -0.25) is 10.1 Å². The van der Waals surface area contributed by atoms with Crippen molar-refractivity contribution < 1.29 is 14.5 Å². The molecule has 0 bridgehead atoms. The average molecular weight is 301 g/mol. The Kier molecular flexibility index (Phi) is 5.02. The molecule has 1 aromatic heterocycles. The van der Waals surface area contributed by atoms with Gasteiger partial charge in [0.25, 0.3) is 5.69 Å². The van der Waals surface area contributed by atoms with Gasteiger partial charge in [-0.15, -0.1) is 0 Å². The second-order valence-electron chi connectivity index (χ2n) is 4.40. The fourth-order valence-electron chi connectivity index (χ4n) is 1.89. The second kappa shape index (κ2) is 7.16. The van der Waals surface area contributed by atoms with Crippen LogP contribution in [0.1, 0.15) is 22.8 Å². The van der Waals surface area contributed by atoms with E-state index in [0.29, 0.717) is 17.9 Å². The second-order valence-corrected chi connectivity index (χ2v) is 4.40. The Morgan fingerprint density at radius 2 is 2.18 bits per heavy atom. The maximum absolute atomic E-state index is 11.8. The summed E-state index contributed by atoms with van der Waals surface area (Å²) < 4.78 is 4.96. The molecule has 0 atom stereocenters. The largest absolute Gasteiger partial charge is 0.462 e. The molecule has 1 N–H and O–H groups in total. The number of hydrogen-bond acceptors (Lipinski definition) is 6. The summed E-state index contributed by atoms with van der Waals surface area (Å²) >= 11 is 0. The van der Waals surface area contributed by atoms with Gasteiger partial charge in [-0.2, -0.15) is 0 Å². The highest BCUT2D eigenvalue weighted by Gasteiger charge is 2.13. The summed E-state index contributed by atoms with van der Waals surface area (Å²) in [6.45, 7) is 2.31. The van der Waals surface area contributed by atoms with E-state index in [2.05, 4.69) is 10.3 Å². The van der Waals surface area contributed by atoms with Crippen molar-refractivity contribution in [1.29, 1.82) is 0 Å². The Morgan fingerprint density at radius 3 is 2.91 bits per heavy atom.